The molecule has 2 heterocycles. The van der Waals surface area contributed by atoms with Crippen LogP contribution in [0.25, 0.3) is 11.0 Å². The SMILES string of the molecule is Cc1ccc(N2C(=O)c3oc4ccc(Cl)cc4c(=O)c3C2c2ccc(C(C)C)cc2)cc1. The van der Waals surface area contributed by atoms with Crippen molar-refractivity contribution in [1.82, 2.24) is 0 Å². The summed E-state index contributed by atoms with van der Waals surface area (Å²) in [5, 5.41) is 0.820. The highest BCUT2D eigenvalue weighted by Crippen LogP contribution is 2.41. The largest absolute Gasteiger partial charge is 0.450 e. The van der Waals surface area contributed by atoms with E-state index in [9.17, 15) is 9.59 Å². The van der Waals surface area contributed by atoms with Gasteiger partial charge in [0.05, 0.1) is 17.0 Å². The third-order valence-electron chi connectivity index (χ3n) is 6.06. The molecule has 0 aliphatic carbocycles. The second-order valence-electron chi connectivity index (χ2n) is 8.55. The average Bonchev–Trinajstić information content (AvgIpc) is 3.07. The lowest BCUT2D eigenvalue weighted by molar-refractivity contribution is 0.0971. The zero-order valence-corrected chi connectivity index (χ0v) is 18.8. The van der Waals surface area contributed by atoms with Gasteiger partial charge in [-0.3, -0.25) is 14.5 Å². The van der Waals surface area contributed by atoms with Crippen molar-refractivity contribution in [2.24, 2.45) is 0 Å². The van der Waals surface area contributed by atoms with E-state index in [1.165, 1.54) is 5.56 Å². The van der Waals surface area contributed by atoms with Crippen molar-refractivity contribution in [3.63, 3.8) is 0 Å². The van der Waals surface area contributed by atoms with Crippen LogP contribution in [0.1, 0.15) is 58.6 Å². The fourth-order valence-corrected chi connectivity index (χ4v) is 4.47. The third kappa shape index (κ3) is 3.23. The fourth-order valence-electron chi connectivity index (χ4n) is 4.30. The molecule has 1 aliphatic rings. The van der Waals surface area contributed by atoms with Crippen LogP contribution in [0.4, 0.5) is 5.69 Å². The van der Waals surface area contributed by atoms with Crippen molar-refractivity contribution in [3.05, 3.63) is 110 Å². The van der Waals surface area contributed by atoms with Crippen LogP contribution in [0.15, 0.2) is 75.9 Å². The number of rotatable bonds is 3. The minimum absolute atomic E-state index is 0.0864. The van der Waals surface area contributed by atoms with Gasteiger partial charge in [-0.15, -0.1) is 0 Å². The van der Waals surface area contributed by atoms with Gasteiger partial charge in [-0.2, -0.15) is 0 Å². The maximum Gasteiger partial charge on any atom is 0.295 e. The first-order chi connectivity index (χ1) is 15.3. The number of hydrogen-bond acceptors (Lipinski definition) is 3. The van der Waals surface area contributed by atoms with Gasteiger partial charge in [0.1, 0.15) is 5.58 Å². The van der Waals surface area contributed by atoms with Crippen molar-refractivity contribution >= 4 is 34.2 Å². The van der Waals surface area contributed by atoms with Gasteiger partial charge in [0.25, 0.3) is 5.91 Å². The molecular weight excluding hydrogens is 422 g/mol. The molecule has 0 radical (unpaired) electrons. The number of amides is 1. The lowest BCUT2D eigenvalue weighted by atomic mass is 9.95. The molecule has 1 unspecified atom stereocenters. The topological polar surface area (TPSA) is 50.5 Å². The minimum atomic E-state index is -0.582. The van der Waals surface area contributed by atoms with Gasteiger partial charge in [0, 0.05) is 10.7 Å². The van der Waals surface area contributed by atoms with Crippen molar-refractivity contribution in [2.45, 2.75) is 32.7 Å². The van der Waals surface area contributed by atoms with Crippen LogP contribution in [-0.4, -0.2) is 5.91 Å². The maximum absolute atomic E-state index is 13.6. The Morgan fingerprint density at radius 2 is 1.62 bits per heavy atom. The molecule has 4 nitrogen and oxygen atoms in total. The van der Waals surface area contributed by atoms with Crippen molar-refractivity contribution in [3.8, 4) is 0 Å². The molecule has 160 valence electrons. The van der Waals surface area contributed by atoms with Crippen LogP contribution in [0.5, 0.6) is 0 Å². The van der Waals surface area contributed by atoms with E-state index in [0.29, 0.717) is 33.2 Å². The molecule has 0 bridgehead atoms. The average molecular weight is 444 g/mol. The number of carbonyl (C=O) groups excluding carboxylic acids is 1. The Bertz CT molecular complexity index is 1400. The quantitative estimate of drug-likeness (QED) is 0.357. The first-order valence-electron chi connectivity index (χ1n) is 10.6. The fraction of sp³-hybridized carbons (Fsp3) is 0.185. The van der Waals surface area contributed by atoms with E-state index in [0.717, 1.165) is 11.1 Å². The Morgan fingerprint density at radius 1 is 0.938 bits per heavy atom. The van der Waals surface area contributed by atoms with E-state index in [-0.39, 0.29) is 17.1 Å². The Labute approximate surface area is 191 Å². The molecule has 0 saturated heterocycles. The molecule has 1 amide bonds. The van der Waals surface area contributed by atoms with Crippen LogP contribution in [-0.2, 0) is 0 Å². The monoisotopic (exact) mass is 443 g/mol. The van der Waals surface area contributed by atoms with Crippen LogP contribution < -0.4 is 10.3 Å². The van der Waals surface area contributed by atoms with Crippen molar-refractivity contribution in [2.75, 3.05) is 4.90 Å². The summed E-state index contributed by atoms with van der Waals surface area (Å²) < 4.78 is 5.99. The zero-order valence-electron chi connectivity index (χ0n) is 18.1. The van der Waals surface area contributed by atoms with Crippen LogP contribution in [0.2, 0.25) is 5.02 Å². The van der Waals surface area contributed by atoms with E-state index in [2.05, 4.69) is 26.0 Å². The Hall–Kier alpha value is -3.37. The molecule has 0 fully saturated rings. The minimum Gasteiger partial charge on any atom is -0.450 e. The lowest BCUT2D eigenvalue weighted by Crippen LogP contribution is -2.29. The first kappa shape index (κ1) is 20.5. The summed E-state index contributed by atoms with van der Waals surface area (Å²) in [7, 11) is 0. The molecule has 1 atom stereocenters. The first-order valence-corrected chi connectivity index (χ1v) is 11.0. The summed E-state index contributed by atoms with van der Waals surface area (Å²) in [6, 6.07) is 20.1. The molecule has 32 heavy (non-hydrogen) atoms. The van der Waals surface area contributed by atoms with Gasteiger partial charge in [0.15, 0.2) is 5.43 Å². The molecule has 0 saturated carbocycles. The normalized spacial score (nSPS) is 15.6. The highest BCUT2D eigenvalue weighted by molar-refractivity contribution is 6.31. The smallest absolute Gasteiger partial charge is 0.295 e. The van der Waals surface area contributed by atoms with Gasteiger partial charge < -0.3 is 4.42 Å². The molecule has 4 aromatic rings. The molecule has 0 N–H and O–H groups in total. The number of aryl methyl sites for hydroxylation is 1. The zero-order chi connectivity index (χ0) is 22.6. The van der Waals surface area contributed by atoms with E-state index < -0.39 is 6.04 Å². The summed E-state index contributed by atoms with van der Waals surface area (Å²) in [5.41, 5.74) is 4.32. The molecule has 5 rings (SSSR count). The van der Waals surface area contributed by atoms with Crippen LogP contribution >= 0.6 is 11.6 Å². The predicted molar refractivity (Wildman–Crippen MR) is 128 cm³/mol. The molecule has 1 aromatic heterocycles. The van der Waals surface area contributed by atoms with E-state index >= 15 is 0 Å². The van der Waals surface area contributed by atoms with Crippen molar-refractivity contribution in [1.29, 1.82) is 0 Å². The van der Waals surface area contributed by atoms with Gasteiger partial charge in [0.2, 0.25) is 5.76 Å². The van der Waals surface area contributed by atoms with Crippen LogP contribution in [0, 0.1) is 6.92 Å². The Kier molecular flexibility index (Phi) is 4.90. The molecular formula is C27H22ClNO3. The lowest BCUT2D eigenvalue weighted by Gasteiger charge is -2.25. The second kappa shape index (κ2) is 7.64. The number of fused-ring (bicyclic) bond motifs is 2. The summed E-state index contributed by atoms with van der Waals surface area (Å²) in [6.07, 6.45) is 0. The van der Waals surface area contributed by atoms with Crippen LogP contribution in [0.3, 0.4) is 0 Å². The number of carbonyl (C=O) groups is 1. The summed E-state index contributed by atoms with van der Waals surface area (Å²) in [6.45, 7) is 6.26. The standard InChI is InChI=1S/C27H22ClNO3/c1-15(2)17-6-8-18(9-7-17)24-23-25(30)21-14-19(28)10-13-22(21)32-26(23)27(31)29(24)20-11-4-16(3)5-12-20/h4-15,24H,1-3H3. The number of halogens is 1. The summed E-state index contributed by atoms with van der Waals surface area (Å²) in [4.78, 5) is 28.8. The van der Waals surface area contributed by atoms with E-state index in [1.807, 2.05) is 43.3 Å². The highest BCUT2D eigenvalue weighted by atomic mass is 35.5. The molecule has 3 aromatic carbocycles. The Morgan fingerprint density at radius 3 is 2.28 bits per heavy atom. The van der Waals surface area contributed by atoms with Gasteiger partial charge in [-0.1, -0.05) is 67.4 Å². The Balaban J connectivity index is 1.78. The highest BCUT2D eigenvalue weighted by Gasteiger charge is 2.43. The van der Waals surface area contributed by atoms with Gasteiger partial charge in [-0.05, 0) is 54.3 Å². The van der Waals surface area contributed by atoms with Gasteiger partial charge >= 0.3 is 0 Å². The van der Waals surface area contributed by atoms with E-state index in [1.54, 1.807) is 23.1 Å². The molecule has 5 heteroatoms. The number of nitrogens with zero attached hydrogens (tertiary/aromatic N) is 1. The summed E-state index contributed by atoms with van der Waals surface area (Å²) in [5.74, 6) is 0.143. The summed E-state index contributed by atoms with van der Waals surface area (Å²) >= 11 is 6.15. The number of anilines is 1. The predicted octanol–water partition coefficient (Wildman–Crippen LogP) is 6.63. The van der Waals surface area contributed by atoms with Crippen molar-refractivity contribution < 1.29 is 9.21 Å². The van der Waals surface area contributed by atoms with Gasteiger partial charge in [-0.25, -0.2) is 0 Å². The number of benzene rings is 3. The third-order valence-corrected chi connectivity index (χ3v) is 6.30. The number of hydrogen-bond donors (Lipinski definition) is 0. The molecule has 0 spiro atoms. The van der Waals surface area contributed by atoms with E-state index in [4.69, 9.17) is 16.0 Å². The molecule has 1 aliphatic heterocycles. The second-order valence-corrected chi connectivity index (χ2v) is 8.99. The maximum atomic E-state index is 13.6.